The summed E-state index contributed by atoms with van der Waals surface area (Å²) < 4.78 is 18.5. The number of halogens is 3. The summed E-state index contributed by atoms with van der Waals surface area (Å²) in [5.41, 5.74) is 0.855. The zero-order chi connectivity index (χ0) is 21.2. The van der Waals surface area contributed by atoms with Crippen LogP contribution in [0.4, 0.5) is 4.39 Å². The van der Waals surface area contributed by atoms with E-state index in [0.29, 0.717) is 11.6 Å². The molecule has 0 spiro atoms. The van der Waals surface area contributed by atoms with Gasteiger partial charge in [-0.25, -0.2) is 4.39 Å². The molecule has 2 amide bonds. The monoisotopic (exact) mass is 442 g/mol. The summed E-state index contributed by atoms with van der Waals surface area (Å²) in [6.07, 6.45) is -0.788. The number of hydrogen-bond acceptors (Lipinski definition) is 4. The first-order valence-electron chi connectivity index (χ1n) is 8.87. The molecule has 0 aliphatic carbocycles. The van der Waals surface area contributed by atoms with Gasteiger partial charge < -0.3 is 20.5 Å². The van der Waals surface area contributed by atoms with Crippen molar-refractivity contribution in [2.45, 2.75) is 25.5 Å². The van der Waals surface area contributed by atoms with Gasteiger partial charge in [0, 0.05) is 24.2 Å². The molecule has 2 aromatic rings. The number of amides is 2. The Labute approximate surface area is 178 Å². The smallest absolute Gasteiger partial charge is 0.257 e. The van der Waals surface area contributed by atoms with Crippen molar-refractivity contribution in [2.24, 2.45) is 0 Å². The molecule has 0 saturated carbocycles. The van der Waals surface area contributed by atoms with Crippen LogP contribution in [0, 0.1) is 5.82 Å². The summed E-state index contributed by atoms with van der Waals surface area (Å²) in [5.74, 6) is -1.20. The van der Waals surface area contributed by atoms with Gasteiger partial charge in [-0.2, -0.15) is 0 Å². The number of nitrogens with one attached hydrogen (secondary N) is 2. The summed E-state index contributed by atoms with van der Waals surface area (Å²) in [5, 5.41) is 15.7. The second-order valence-corrected chi connectivity index (χ2v) is 7.11. The molecule has 9 heteroatoms. The molecule has 2 rings (SSSR count). The fraction of sp³-hybridized carbons (Fsp3) is 0.300. The van der Waals surface area contributed by atoms with Crippen molar-refractivity contribution in [2.75, 3.05) is 13.2 Å². The van der Waals surface area contributed by atoms with Crippen molar-refractivity contribution >= 4 is 35.0 Å². The van der Waals surface area contributed by atoms with Crippen LogP contribution in [0.3, 0.4) is 0 Å². The highest BCUT2D eigenvalue weighted by Crippen LogP contribution is 2.20. The van der Waals surface area contributed by atoms with Gasteiger partial charge in [-0.1, -0.05) is 35.3 Å². The van der Waals surface area contributed by atoms with Gasteiger partial charge in [-0.3, -0.25) is 9.59 Å². The fourth-order valence-electron chi connectivity index (χ4n) is 2.38. The maximum absolute atomic E-state index is 13.3. The Morgan fingerprint density at radius 2 is 1.90 bits per heavy atom. The van der Waals surface area contributed by atoms with Crippen LogP contribution >= 0.6 is 23.2 Å². The first-order chi connectivity index (χ1) is 13.8. The van der Waals surface area contributed by atoms with E-state index in [0.717, 1.165) is 11.6 Å². The standard InChI is InChI=1S/C20H21Cl2FN2O4/c21-14-3-1-2-13(8-14)11-25-19(27)9-15(26)6-7-24-20(28)12-29-16-4-5-17(22)18(23)10-16/h1-5,8,10,15,26H,6-7,9,11-12H2,(H,24,28)(H,25,27). The van der Waals surface area contributed by atoms with Gasteiger partial charge in [0.2, 0.25) is 5.91 Å². The molecule has 0 bridgehead atoms. The van der Waals surface area contributed by atoms with Crippen LogP contribution in [0.1, 0.15) is 18.4 Å². The predicted octanol–water partition coefficient (Wildman–Crippen LogP) is 3.09. The largest absolute Gasteiger partial charge is 0.484 e. The van der Waals surface area contributed by atoms with Crippen molar-refractivity contribution in [3.05, 3.63) is 63.9 Å². The number of benzene rings is 2. The molecule has 1 atom stereocenters. The zero-order valence-corrected chi connectivity index (χ0v) is 17.0. The van der Waals surface area contributed by atoms with Gasteiger partial charge in [0.1, 0.15) is 11.6 Å². The summed E-state index contributed by atoms with van der Waals surface area (Å²) in [4.78, 5) is 23.6. The quantitative estimate of drug-likeness (QED) is 0.527. The highest BCUT2D eigenvalue weighted by molar-refractivity contribution is 6.31. The minimum absolute atomic E-state index is 0.0348. The lowest BCUT2D eigenvalue weighted by molar-refractivity contribution is -0.123. The average Bonchev–Trinajstić information content (AvgIpc) is 2.67. The maximum atomic E-state index is 13.3. The second-order valence-electron chi connectivity index (χ2n) is 6.27. The van der Waals surface area contributed by atoms with E-state index < -0.39 is 17.8 Å². The van der Waals surface area contributed by atoms with Crippen molar-refractivity contribution in [1.82, 2.24) is 10.6 Å². The molecule has 0 saturated heterocycles. The molecule has 3 N–H and O–H groups in total. The minimum Gasteiger partial charge on any atom is -0.484 e. The van der Waals surface area contributed by atoms with E-state index in [1.54, 1.807) is 18.2 Å². The van der Waals surface area contributed by atoms with Crippen LogP contribution in [0.5, 0.6) is 5.75 Å². The Kier molecular flexibility index (Phi) is 9.18. The van der Waals surface area contributed by atoms with E-state index in [2.05, 4.69) is 10.6 Å². The first kappa shape index (κ1) is 22.9. The van der Waals surface area contributed by atoms with Gasteiger partial charge in [0.05, 0.1) is 17.5 Å². The third kappa shape index (κ3) is 8.68. The third-order valence-corrected chi connectivity index (χ3v) is 4.40. The molecule has 0 fully saturated rings. The average molecular weight is 443 g/mol. The normalized spacial score (nSPS) is 11.6. The number of aliphatic hydroxyl groups excluding tert-OH is 1. The van der Waals surface area contributed by atoms with Gasteiger partial charge in [-0.15, -0.1) is 0 Å². The second kappa shape index (κ2) is 11.6. The molecule has 6 nitrogen and oxygen atoms in total. The molecular weight excluding hydrogens is 422 g/mol. The number of ether oxygens (including phenoxy) is 1. The van der Waals surface area contributed by atoms with Gasteiger partial charge in [0.15, 0.2) is 6.61 Å². The predicted molar refractivity (Wildman–Crippen MR) is 108 cm³/mol. The Morgan fingerprint density at radius 3 is 2.62 bits per heavy atom. The lowest BCUT2D eigenvalue weighted by Gasteiger charge is -2.12. The van der Waals surface area contributed by atoms with Crippen LogP contribution in [-0.4, -0.2) is 36.2 Å². The van der Waals surface area contributed by atoms with Crippen molar-refractivity contribution < 1.29 is 23.8 Å². The lowest BCUT2D eigenvalue weighted by Crippen LogP contribution is -2.33. The number of aliphatic hydroxyl groups is 1. The molecule has 0 radical (unpaired) electrons. The topological polar surface area (TPSA) is 87.7 Å². The number of carbonyl (C=O) groups is 2. The third-order valence-electron chi connectivity index (χ3n) is 3.86. The van der Waals surface area contributed by atoms with Crippen LogP contribution in [0.2, 0.25) is 10.0 Å². The molecule has 0 heterocycles. The van der Waals surface area contributed by atoms with E-state index in [-0.39, 0.29) is 42.7 Å². The van der Waals surface area contributed by atoms with E-state index in [1.165, 1.54) is 12.1 Å². The molecule has 156 valence electrons. The molecule has 0 aromatic heterocycles. The Bertz CT molecular complexity index is 851. The molecule has 29 heavy (non-hydrogen) atoms. The zero-order valence-electron chi connectivity index (χ0n) is 15.5. The molecular formula is C20H21Cl2FN2O4. The fourth-order valence-corrected chi connectivity index (χ4v) is 2.71. The highest BCUT2D eigenvalue weighted by atomic mass is 35.5. The van der Waals surface area contributed by atoms with Gasteiger partial charge in [0.25, 0.3) is 5.91 Å². The Morgan fingerprint density at radius 1 is 1.10 bits per heavy atom. The Hall–Kier alpha value is -2.35. The van der Waals surface area contributed by atoms with E-state index >= 15 is 0 Å². The van der Waals surface area contributed by atoms with Crippen molar-refractivity contribution in [3.8, 4) is 5.75 Å². The minimum atomic E-state index is -0.902. The van der Waals surface area contributed by atoms with Crippen LogP contribution in [-0.2, 0) is 16.1 Å². The van der Waals surface area contributed by atoms with Crippen LogP contribution in [0.15, 0.2) is 42.5 Å². The van der Waals surface area contributed by atoms with Crippen molar-refractivity contribution in [3.63, 3.8) is 0 Å². The molecule has 1 unspecified atom stereocenters. The van der Waals surface area contributed by atoms with E-state index in [9.17, 15) is 19.1 Å². The maximum Gasteiger partial charge on any atom is 0.257 e. The summed E-state index contributed by atoms with van der Waals surface area (Å²) in [6, 6.07) is 11.0. The number of carbonyl (C=O) groups excluding carboxylic acids is 2. The van der Waals surface area contributed by atoms with Crippen LogP contribution < -0.4 is 15.4 Å². The van der Waals surface area contributed by atoms with Gasteiger partial charge >= 0.3 is 0 Å². The van der Waals surface area contributed by atoms with Crippen LogP contribution in [0.25, 0.3) is 0 Å². The lowest BCUT2D eigenvalue weighted by atomic mass is 10.1. The summed E-state index contributed by atoms with van der Waals surface area (Å²) >= 11 is 11.4. The molecule has 0 aliphatic rings. The van der Waals surface area contributed by atoms with E-state index in [4.69, 9.17) is 27.9 Å². The van der Waals surface area contributed by atoms with E-state index in [1.807, 2.05) is 6.07 Å². The van der Waals surface area contributed by atoms with Gasteiger partial charge in [-0.05, 0) is 36.2 Å². The number of hydrogen-bond donors (Lipinski definition) is 3. The highest BCUT2D eigenvalue weighted by Gasteiger charge is 2.12. The SMILES string of the molecule is O=C(COc1ccc(Cl)c(F)c1)NCCC(O)CC(=O)NCc1cccc(Cl)c1. The Balaban J connectivity index is 1.60. The van der Waals surface area contributed by atoms with Crippen molar-refractivity contribution in [1.29, 1.82) is 0 Å². The molecule has 0 aliphatic heterocycles. The molecule has 2 aromatic carbocycles. The number of rotatable bonds is 10. The first-order valence-corrected chi connectivity index (χ1v) is 9.63. The summed E-state index contributed by atoms with van der Waals surface area (Å²) in [7, 11) is 0. The summed E-state index contributed by atoms with van der Waals surface area (Å²) in [6.45, 7) is 0.169.